The number of methoxy groups -OCH3 is 1. The lowest BCUT2D eigenvalue weighted by Crippen LogP contribution is -2.17. The van der Waals surface area contributed by atoms with Crippen LogP contribution in [0.15, 0.2) is 54.6 Å². The zero-order valence-electron chi connectivity index (χ0n) is 10.8. The minimum Gasteiger partial charge on any atom is -0.497 e. The molecule has 0 radical (unpaired) electrons. The minimum absolute atomic E-state index is 0.00157. The fourth-order valence-electron chi connectivity index (χ4n) is 2.10. The van der Waals surface area contributed by atoms with Crippen LogP contribution in [0.4, 0.5) is 0 Å². The largest absolute Gasteiger partial charge is 0.497 e. The molecule has 2 unspecified atom stereocenters. The van der Waals surface area contributed by atoms with Gasteiger partial charge >= 0.3 is 0 Å². The highest BCUT2D eigenvalue weighted by Gasteiger charge is 2.16. The van der Waals surface area contributed by atoms with Crippen LogP contribution in [0.5, 0.6) is 5.75 Å². The number of ether oxygens (including phenoxy) is 1. The van der Waals surface area contributed by atoms with E-state index in [2.05, 4.69) is 25.1 Å². The molecular formula is C16H19NO. The first kappa shape index (κ1) is 12.7. The van der Waals surface area contributed by atoms with Crippen LogP contribution in [0.2, 0.25) is 0 Å². The fraction of sp³-hybridized carbons (Fsp3) is 0.250. The summed E-state index contributed by atoms with van der Waals surface area (Å²) in [6.07, 6.45) is 0. The van der Waals surface area contributed by atoms with Crippen molar-refractivity contribution in [1.29, 1.82) is 0 Å². The molecule has 0 aromatic heterocycles. The molecule has 0 amide bonds. The van der Waals surface area contributed by atoms with Crippen LogP contribution in [-0.4, -0.2) is 7.11 Å². The van der Waals surface area contributed by atoms with Gasteiger partial charge in [0.2, 0.25) is 0 Å². The van der Waals surface area contributed by atoms with Gasteiger partial charge in [-0.25, -0.2) is 0 Å². The van der Waals surface area contributed by atoms with Gasteiger partial charge in [0.25, 0.3) is 0 Å². The molecule has 0 aliphatic rings. The van der Waals surface area contributed by atoms with Gasteiger partial charge in [-0.2, -0.15) is 0 Å². The highest BCUT2D eigenvalue weighted by molar-refractivity contribution is 5.33. The van der Waals surface area contributed by atoms with Gasteiger partial charge in [0, 0.05) is 12.0 Å². The van der Waals surface area contributed by atoms with Crippen molar-refractivity contribution in [3.8, 4) is 5.75 Å². The Bertz CT molecular complexity index is 495. The summed E-state index contributed by atoms with van der Waals surface area (Å²) in [5, 5.41) is 0. The molecule has 0 fully saturated rings. The Hall–Kier alpha value is -1.80. The van der Waals surface area contributed by atoms with Crippen LogP contribution in [0.3, 0.4) is 0 Å². The Balaban J connectivity index is 2.22. The van der Waals surface area contributed by atoms with Crippen molar-refractivity contribution in [3.05, 3.63) is 65.7 Å². The number of hydrogen-bond acceptors (Lipinski definition) is 2. The second kappa shape index (κ2) is 5.69. The first-order valence-electron chi connectivity index (χ1n) is 6.17. The van der Waals surface area contributed by atoms with Gasteiger partial charge in [-0.3, -0.25) is 0 Å². The van der Waals surface area contributed by atoms with Crippen LogP contribution in [0.1, 0.15) is 30.0 Å². The molecule has 94 valence electrons. The van der Waals surface area contributed by atoms with Crippen LogP contribution in [0.25, 0.3) is 0 Å². The number of hydrogen-bond donors (Lipinski definition) is 1. The summed E-state index contributed by atoms with van der Waals surface area (Å²) in [5.41, 5.74) is 8.68. The predicted molar refractivity (Wildman–Crippen MR) is 74.8 cm³/mol. The molecule has 2 aromatic carbocycles. The van der Waals surface area contributed by atoms with Crippen molar-refractivity contribution < 1.29 is 4.74 Å². The zero-order valence-corrected chi connectivity index (χ0v) is 10.8. The van der Waals surface area contributed by atoms with Gasteiger partial charge in [0.1, 0.15) is 5.75 Å². The minimum atomic E-state index is -0.00157. The lowest BCUT2D eigenvalue weighted by molar-refractivity contribution is 0.413. The van der Waals surface area contributed by atoms with Crippen molar-refractivity contribution in [3.63, 3.8) is 0 Å². The quantitative estimate of drug-likeness (QED) is 0.889. The van der Waals surface area contributed by atoms with E-state index in [1.165, 1.54) is 5.56 Å². The molecule has 2 N–H and O–H groups in total. The molecule has 0 aliphatic heterocycles. The first-order valence-corrected chi connectivity index (χ1v) is 6.17. The summed E-state index contributed by atoms with van der Waals surface area (Å²) in [4.78, 5) is 0. The van der Waals surface area contributed by atoms with E-state index >= 15 is 0 Å². The number of nitrogens with two attached hydrogens (primary N) is 1. The van der Waals surface area contributed by atoms with Gasteiger partial charge in [-0.05, 0) is 23.3 Å². The second-order valence-electron chi connectivity index (χ2n) is 4.50. The third kappa shape index (κ3) is 2.71. The van der Waals surface area contributed by atoms with Crippen LogP contribution < -0.4 is 10.5 Å². The summed E-state index contributed by atoms with van der Waals surface area (Å²) < 4.78 is 5.25. The van der Waals surface area contributed by atoms with Crippen molar-refractivity contribution in [2.24, 2.45) is 5.73 Å². The summed E-state index contributed by atoms with van der Waals surface area (Å²) in [6.45, 7) is 2.15. The molecule has 0 spiro atoms. The van der Waals surface area contributed by atoms with Crippen molar-refractivity contribution in [2.45, 2.75) is 18.9 Å². The molecule has 0 aliphatic carbocycles. The van der Waals surface area contributed by atoms with E-state index in [4.69, 9.17) is 10.5 Å². The van der Waals surface area contributed by atoms with Gasteiger partial charge in [0.15, 0.2) is 0 Å². The summed E-state index contributed by atoms with van der Waals surface area (Å²) in [6, 6.07) is 18.3. The second-order valence-corrected chi connectivity index (χ2v) is 4.50. The molecule has 2 rings (SSSR count). The molecule has 18 heavy (non-hydrogen) atoms. The Morgan fingerprint density at radius 3 is 2.28 bits per heavy atom. The first-order chi connectivity index (χ1) is 8.72. The lowest BCUT2D eigenvalue weighted by Gasteiger charge is -2.21. The van der Waals surface area contributed by atoms with E-state index in [-0.39, 0.29) is 12.0 Å². The molecular weight excluding hydrogens is 222 g/mol. The van der Waals surface area contributed by atoms with Crippen LogP contribution in [-0.2, 0) is 0 Å². The third-order valence-electron chi connectivity index (χ3n) is 3.34. The van der Waals surface area contributed by atoms with E-state index in [1.54, 1.807) is 7.11 Å². The molecule has 0 saturated carbocycles. The van der Waals surface area contributed by atoms with Gasteiger partial charge in [0.05, 0.1) is 7.11 Å². The van der Waals surface area contributed by atoms with E-state index in [0.717, 1.165) is 11.3 Å². The Labute approximate surface area is 108 Å². The number of benzene rings is 2. The van der Waals surface area contributed by atoms with Crippen LogP contribution >= 0.6 is 0 Å². The molecule has 0 saturated heterocycles. The normalized spacial score (nSPS) is 13.9. The molecule has 2 heteroatoms. The van der Waals surface area contributed by atoms with E-state index < -0.39 is 0 Å². The summed E-state index contributed by atoms with van der Waals surface area (Å²) in [7, 11) is 1.68. The van der Waals surface area contributed by atoms with Crippen molar-refractivity contribution >= 4 is 0 Å². The highest BCUT2D eigenvalue weighted by Crippen LogP contribution is 2.30. The average Bonchev–Trinajstić information content (AvgIpc) is 2.46. The Morgan fingerprint density at radius 2 is 1.61 bits per heavy atom. The lowest BCUT2D eigenvalue weighted by atomic mass is 9.89. The highest BCUT2D eigenvalue weighted by atomic mass is 16.5. The van der Waals surface area contributed by atoms with E-state index in [9.17, 15) is 0 Å². The van der Waals surface area contributed by atoms with Crippen molar-refractivity contribution in [1.82, 2.24) is 0 Å². The van der Waals surface area contributed by atoms with E-state index in [1.807, 2.05) is 36.4 Å². The van der Waals surface area contributed by atoms with Crippen LogP contribution in [0, 0.1) is 0 Å². The molecule has 2 aromatic rings. The maximum atomic E-state index is 6.32. The Kier molecular flexibility index (Phi) is 4.00. The smallest absolute Gasteiger partial charge is 0.119 e. The van der Waals surface area contributed by atoms with Gasteiger partial charge in [-0.1, -0.05) is 49.4 Å². The fourth-order valence-corrected chi connectivity index (χ4v) is 2.10. The predicted octanol–water partition coefficient (Wildman–Crippen LogP) is 3.50. The van der Waals surface area contributed by atoms with Crippen molar-refractivity contribution in [2.75, 3.05) is 7.11 Å². The molecule has 2 nitrogen and oxygen atoms in total. The van der Waals surface area contributed by atoms with Gasteiger partial charge in [-0.15, -0.1) is 0 Å². The summed E-state index contributed by atoms with van der Waals surface area (Å²) in [5.74, 6) is 1.13. The maximum Gasteiger partial charge on any atom is 0.119 e. The molecule has 0 bridgehead atoms. The Morgan fingerprint density at radius 1 is 0.944 bits per heavy atom. The molecule has 2 atom stereocenters. The van der Waals surface area contributed by atoms with E-state index in [0.29, 0.717) is 0 Å². The maximum absolute atomic E-state index is 6.32. The SMILES string of the molecule is COc1cccc(C(C)C(N)c2ccccc2)c1. The third-order valence-corrected chi connectivity index (χ3v) is 3.34. The summed E-state index contributed by atoms with van der Waals surface area (Å²) >= 11 is 0. The van der Waals surface area contributed by atoms with Gasteiger partial charge < -0.3 is 10.5 Å². The standard InChI is InChI=1S/C16H19NO/c1-12(14-9-6-10-15(11-14)18-2)16(17)13-7-4-3-5-8-13/h3-12,16H,17H2,1-2H3. The number of rotatable bonds is 4. The average molecular weight is 241 g/mol. The topological polar surface area (TPSA) is 35.2 Å². The molecule has 0 heterocycles. The monoisotopic (exact) mass is 241 g/mol. The zero-order chi connectivity index (χ0) is 13.0.